The molecule has 1 N–H and O–H groups in total. The molecule has 0 saturated carbocycles. The molecule has 2 aromatic carbocycles. The molecule has 0 heterocycles. The standard InChI is InChI=1S/C7H5O.C5H.Fe/c1-6(8)7-4-2-3-5-7;1-2-4-5-3-1;/h6,8H,1H3;1H;/q2*-5;. The minimum absolute atomic E-state index is 0. The quantitative estimate of drug-likeness (QED) is 0.568. The van der Waals surface area contributed by atoms with Gasteiger partial charge in [0.05, 0.1) is 0 Å². The van der Waals surface area contributed by atoms with Gasteiger partial charge in [0, 0.05) is 17.1 Å². The molecular weight excluding hydrogens is 216 g/mol. The first-order valence-electron chi connectivity index (χ1n) is 3.70. The van der Waals surface area contributed by atoms with Crippen LogP contribution in [0.25, 0.3) is 0 Å². The molecule has 0 aromatic heterocycles. The maximum Gasteiger partial charge on any atom is 0 e. The summed E-state index contributed by atoms with van der Waals surface area (Å²) in [5, 5.41) is 8.81. The van der Waals surface area contributed by atoms with E-state index in [-0.39, 0.29) is 17.1 Å². The van der Waals surface area contributed by atoms with Crippen molar-refractivity contribution in [1.82, 2.24) is 0 Å². The van der Waals surface area contributed by atoms with Crippen LogP contribution in [0.15, 0.2) is 6.07 Å². The second-order valence-corrected chi connectivity index (χ2v) is 2.27. The van der Waals surface area contributed by atoms with E-state index in [9.17, 15) is 0 Å². The molecule has 0 bridgehead atoms. The van der Waals surface area contributed by atoms with Gasteiger partial charge in [-0.25, -0.2) is 0 Å². The fourth-order valence-corrected chi connectivity index (χ4v) is 0.618. The Kier molecular flexibility index (Phi) is 7.13. The molecule has 2 aromatic rings. The van der Waals surface area contributed by atoms with Gasteiger partial charge in [-0.15, -0.1) is 6.10 Å². The van der Waals surface area contributed by atoms with Gasteiger partial charge in [-0.05, 0) is 0 Å². The van der Waals surface area contributed by atoms with Crippen LogP contribution in [-0.4, -0.2) is 5.11 Å². The van der Waals surface area contributed by atoms with Gasteiger partial charge in [-0.3, -0.25) is 0 Å². The molecule has 0 aliphatic heterocycles. The topological polar surface area (TPSA) is 20.2 Å². The summed E-state index contributed by atoms with van der Waals surface area (Å²) in [5.74, 6) is 0. The van der Waals surface area contributed by atoms with E-state index in [0.29, 0.717) is 5.56 Å². The number of hydrogen-bond donors (Lipinski definition) is 1. The van der Waals surface area contributed by atoms with Crippen LogP contribution >= 0.6 is 0 Å². The SMILES string of the molecule is CC(O)[c-]1[c-][c-][c-][c-]1.[Fe].[c-]1[c-][c-][cH-][c-]1. The van der Waals surface area contributed by atoms with Crippen molar-refractivity contribution in [2.75, 3.05) is 0 Å². The van der Waals surface area contributed by atoms with Gasteiger partial charge in [0.1, 0.15) is 0 Å². The van der Waals surface area contributed by atoms with Crippen molar-refractivity contribution in [3.8, 4) is 0 Å². The predicted molar refractivity (Wildman–Crippen MR) is 45.4 cm³/mol. The van der Waals surface area contributed by atoms with Crippen LogP contribution in [-0.2, 0) is 17.1 Å². The van der Waals surface area contributed by atoms with Crippen LogP contribution in [0.5, 0.6) is 0 Å². The van der Waals surface area contributed by atoms with E-state index < -0.39 is 6.10 Å². The molecule has 0 amide bonds. The average Bonchev–Trinajstić information content (AvgIpc) is 2.82. The summed E-state index contributed by atoms with van der Waals surface area (Å²) in [6, 6.07) is 22.4. The predicted octanol–water partition coefficient (Wildman–Crippen LogP) is 1.26. The molecule has 0 aliphatic rings. The second kappa shape index (κ2) is 7.57. The van der Waals surface area contributed by atoms with Crippen LogP contribution in [0.1, 0.15) is 18.6 Å². The molecule has 0 radical (unpaired) electrons. The zero-order chi connectivity index (χ0) is 9.52. The molecular formula is C12H6FeO-10. The van der Waals surface area contributed by atoms with Crippen molar-refractivity contribution < 1.29 is 22.2 Å². The van der Waals surface area contributed by atoms with Gasteiger partial charge >= 0.3 is 0 Å². The Bertz CT molecular complexity index is 265. The fraction of sp³-hybridized carbons (Fsp3) is 0.167. The number of hydrogen-bond acceptors (Lipinski definition) is 1. The molecule has 0 aliphatic carbocycles. The van der Waals surface area contributed by atoms with E-state index in [1.54, 1.807) is 13.0 Å². The molecule has 0 fully saturated rings. The first-order chi connectivity index (χ1) is 6.30. The fourth-order valence-electron chi connectivity index (χ4n) is 0.618. The van der Waals surface area contributed by atoms with Gasteiger partial charge in [-0.2, -0.15) is 0 Å². The zero-order valence-electron chi connectivity index (χ0n) is 7.46. The third-order valence-electron chi connectivity index (χ3n) is 1.23. The van der Waals surface area contributed by atoms with E-state index in [2.05, 4.69) is 48.5 Å². The molecule has 1 unspecified atom stereocenters. The van der Waals surface area contributed by atoms with E-state index in [0.717, 1.165) is 0 Å². The third kappa shape index (κ3) is 5.03. The number of aliphatic hydroxyl groups is 1. The molecule has 78 valence electrons. The largest absolute Gasteiger partial charge is 0.999 e. The Hall–Kier alpha value is -0.821. The van der Waals surface area contributed by atoms with E-state index >= 15 is 0 Å². The molecule has 2 rings (SSSR count). The Morgan fingerprint density at radius 3 is 1.79 bits per heavy atom. The van der Waals surface area contributed by atoms with Gasteiger partial charge in [0.15, 0.2) is 0 Å². The van der Waals surface area contributed by atoms with Crippen LogP contribution in [0.3, 0.4) is 0 Å². The summed E-state index contributed by atoms with van der Waals surface area (Å²) in [6.07, 6.45) is -0.488. The van der Waals surface area contributed by atoms with E-state index in [4.69, 9.17) is 5.11 Å². The van der Waals surface area contributed by atoms with E-state index in [1.807, 2.05) is 0 Å². The first kappa shape index (κ1) is 13.2. The van der Waals surface area contributed by atoms with Crippen molar-refractivity contribution in [3.05, 3.63) is 60.2 Å². The van der Waals surface area contributed by atoms with Crippen molar-refractivity contribution in [2.24, 2.45) is 0 Å². The van der Waals surface area contributed by atoms with Gasteiger partial charge in [-0.1, -0.05) is 6.92 Å². The zero-order valence-corrected chi connectivity index (χ0v) is 8.56. The number of aliphatic hydroxyl groups excluding tert-OH is 1. The monoisotopic (exact) mass is 222 g/mol. The van der Waals surface area contributed by atoms with Crippen molar-refractivity contribution in [3.63, 3.8) is 0 Å². The summed E-state index contributed by atoms with van der Waals surface area (Å²) in [6.45, 7) is 1.66. The van der Waals surface area contributed by atoms with Gasteiger partial charge in [0.2, 0.25) is 0 Å². The third-order valence-corrected chi connectivity index (χ3v) is 1.23. The van der Waals surface area contributed by atoms with Crippen LogP contribution in [0, 0.1) is 48.5 Å². The van der Waals surface area contributed by atoms with Gasteiger partial charge in [0.25, 0.3) is 0 Å². The summed E-state index contributed by atoms with van der Waals surface area (Å²) < 4.78 is 0. The van der Waals surface area contributed by atoms with E-state index in [1.165, 1.54) is 0 Å². The molecule has 0 spiro atoms. The maximum atomic E-state index is 8.81. The first-order valence-corrected chi connectivity index (χ1v) is 3.70. The van der Waals surface area contributed by atoms with Crippen LogP contribution in [0.4, 0.5) is 0 Å². The van der Waals surface area contributed by atoms with Crippen molar-refractivity contribution in [2.45, 2.75) is 13.0 Å². The molecule has 1 nitrogen and oxygen atoms in total. The molecule has 2 heteroatoms. The minimum atomic E-state index is -0.488. The number of rotatable bonds is 1. The smallest absolute Gasteiger partial charge is 0 e. The van der Waals surface area contributed by atoms with Crippen molar-refractivity contribution in [1.29, 1.82) is 0 Å². The summed E-state index contributed by atoms with van der Waals surface area (Å²) in [7, 11) is 0. The molecule has 0 saturated heterocycles. The Morgan fingerprint density at radius 2 is 1.57 bits per heavy atom. The average molecular weight is 222 g/mol. The van der Waals surface area contributed by atoms with Crippen LogP contribution in [0.2, 0.25) is 0 Å². The Labute approximate surface area is 95.6 Å². The summed E-state index contributed by atoms with van der Waals surface area (Å²) >= 11 is 0. The summed E-state index contributed by atoms with van der Waals surface area (Å²) in [5.41, 5.74) is 0.630. The molecule has 1 atom stereocenters. The second-order valence-electron chi connectivity index (χ2n) is 2.27. The Morgan fingerprint density at radius 1 is 1.07 bits per heavy atom. The summed E-state index contributed by atoms with van der Waals surface area (Å²) in [4.78, 5) is 0. The Balaban J connectivity index is 0.000000246. The van der Waals surface area contributed by atoms with Gasteiger partial charge < -0.3 is 65.3 Å². The molecule has 14 heavy (non-hydrogen) atoms. The van der Waals surface area contributed by atoms with Crippen LogP contribution < -0.4 is 0 Å². The maximum absolute atomic E-state index is 8.81. The minimum Gasteiger partial charge on any atom is -0.999 e. The van der Waals surface area contributed by atoms with Crippen molar-refractivity contribution >= 4 is 0 Å². The normalized spacial score (nSPS) is 10.7.